The smallest absolute Gasteiger partial charge is 0.260 e. The maximum Gasteiger partial charge on any atom is 0.260 e. The molecule has 0 aliphatic carbocycles. The predicted molar refractivity (Wildman–Crippen MR) is 150 cm³/mol. The molecule has 1 radical (unpaired) electrons. The van der Waals surface area contributed by atoms with Crippen LogP contribution in [-0.4, -0.2) is 76.8 Å². The van der Waals surface area contributed by atoms with Gasteiger partial charge in [0, 0.05) is 18.6 Å². The summed E-state index contributed by atoms with van der Waals surface area (Å²) in [6.07, 6.45) is 14.4. The third kappa shape index (κ3) is 18.7. The summed E-state index contributed by atoms with van der Waals surface area (Å²) in [6, 6.07) is 26.8. The number of alkyl halides is 3. The Morgan fingerprint density at radius 2 is 1.16 bits per heavy atom. The summed E-state index contributed by atoms with van der Waals surface area (Å²) < 4.78 is 80.7. The van der Waals surface area contributed by atoms with Crippen LogP contribution in [0.4, 0.5) is 13.2 Å². The van der Waals surface area contributed by atoms with E-state index in [1.165, 1.54) is 0 Å². The van der Waals surface area contributed by atoms with E-state index in [4.69, 9.17) is 25.9 Å². The molecule has 0 atom stereocenters. The summed E-state index contributed by atoms with van der Waals surface area (Å²) in [6.45, 7) is 0. The molecule has 3 aromatic heterocycles. The summed E-state index contributed by atoms with van der Waals surface area (Å²) in [5, 5.41) is 21.3. The van der Waals surface area contributed by atoms with Crippen molar-refractivity contribution in [3.63, 3.8) is 0 Å². The van der Waals surface area contributed by atoms with Gasteiger partial charge in [-0.15, -0.1) is 0 Å². The third-order valence-corrected chi connectivity index (χ3v) is 4.50. The molecule has 2 aromatic carbocycles. The van der Waals surface area contributed by atoms with Crippen molar-refractivity contribution in [1.82, 2.24) is 29.1 Å². The standard InChI is InChI=1S/C9H9BN6.C6H6O.C6H5.C2H7OS.CHF3O3S.O.Re/c1-4-11-14(7-1)10(15-8-2-5-12-15)16-9-3-6-13-16;7-6-4-2-1-3-5-6;1-2-4-6-5-3-1;1-4(2)3;2-1(3,4)8(5,6)7;;/h1-9H;1-5,7H;1-5H;3H,1-2H3;(H,5,6,7);;/q-1;;-1;+1;;+1;/p-1. The molecular weight excluding hydrogens is 786 g/mol. The van der Waals surface area contributed by atoms with Gasteiger partial charge in [0.25, 0.3) is 7.12 Å². The van der Waals surface area contributed by atoms with E-state index in [1.807, 2.05) is 73.2 Å². The fraction of sp³-hybridized carbons (Fsp3) is 0.125. The maximum absolute atomic E-state index is 10.7. The van der Waals surface area contributed by atoms with E-state index in [0.717, 1.165) is 0 Å². The zero-order chi connectivity index (χ0) is 32.7. The molecule has 0 bridgehead atoms. The average molecular weight is 814 g/mol. The topological polar surface area (TPSA) is 171 Å². The van der Waals surface area contributed by atoms with E-state index < -0.39 is 15.6 Å². The number of halogens is 3. The molecule has 0 fully saturated rings. The number of aromatic nitrogens is 6. The molecular formula is C24H27BF3N6O6ReS2-. The van der Waals surface area contributed by atoms with Crippen molar-refractivity contribution in [2.45, 2.75) is 5.51 Å². The van der Waals surface area contributed by atoms with Gasteiger partial charge in [0.05, 0.1) is 0 Å². The monoisotopic (exact) mass is 814 g/mol. The Morgan fingerprint density at radius 3 is 1.33 bits per heavy atom. The molecule has 0 saturated heterocycles. The minimum absolute atomic E-state index is 0.194. The van der Waals surface area contributed by atoms with Crippen molar-refractivity contribution in [3.8, 4) is 5.75 Å². The first-order valence-electron chi connectivity index (χ1n) is 11.4. The summed E-state index contributed by atoms with van der Waals surface area (Å²) >= 11 is 0.111. The Kier molecular flexibility index (Phi) is 20.4. The maximum atomic E-state index is 10.7. The first-order valence-corrected chi connectivity index (χ1v) is 15.9. The van der Waals surface area contributed by atoms with Crippen molar-refractivity contribution >= 4 is 28.4 Å². The van der Waals surface area contributed by atoms with Crippen LogP contribution in [0, 0.1) is 6.07 Å². The van der Waals surface area contributed by atoms with Crippen LogP contribution in [0.15, 0.2) is 116 Å². The zero-order valence-corrected chi connectivity index (χ0v) is 26.9. The van der Waals surface area contributed by atoms with Gasteiger partial charge in [0.1, 0.15) is 29.4 Å². The SMILES string of the molecule is C[S+](C)O.O=S(=O)([O-])C(F)(F)F.Oc1ccccc1.[O+]#[Re].[c-]1ccccc1.c1cnn([B-](n2cccn2)n2cccn2)c1. The van der Waals surface area contributed by atoms with Crippen molar-refractivity contribution in [1.29, 1.82) is 0 Å². The van der Waals surface area contributed by atoms with Crippen LogP contribution in [0.2, 0.25) is 0 Å². The Labute approximate surface area is 260 Å². The molecule has 0 amide bonds. The van der Waals surface area contributed by atoms with Gasteiger partial charge in [-0.3, -0.25) is 0 Å². The van der Waals surface area contributed by atoms with Crippen molar-refractivity contribution in [2.75, 3.05) is 12.5 Å². The van der Waals surface area contributed by atoms with Gasteiger partial charge in [0.15, 0.2) is 10.1 Å². The van der Waals surface area contributed by atoms with Crippen LogP contribution < -0.4 is 0 Å². The van der Waals surface area contributed by atoms with Crippen LogP contribution in [0.25, 0.3) is 0 Å². The van der Waals surface area contributed by atoms with Gasteiger partial charge < -0.3 is 23.4 Å². The van der Waals surface area contributed by atoms with Crippen LogP contribution in [-0.2, 0) is 43.6 Å². The molecule has 0 unspecified atom stereocenters. The second-order valence-corrected chi connectivity index (χ2v) is 10.3. The summed E-state index contributed by atoms with van der Waals surface area (Å²) in [5.74, 6) is 0.322. The summed E-state index contributed by atoms with van der Waals surface area (Å²) in [4.78, 5) is 0. The third-order valence-electron chi connectivity index (χ3n) is 3.93. The van der Waals surface area contributed by atoms with Crippen molar-refractivity contribution in [3.05, 3.63) is 122 Å². The first-order chi connectivity index (χ1) is 20.3. The fourth-order valence-electron chi connectivity index (χ4n) is 2.39. The van der Waals surface area contributed by atoms with Crippen LogP contribution >= 0.6 is 0 Å². The summed E-state index contributed by atoms with van der Waals surface area (Å²) in [7, 11) is -6.28. The van der Waals surface area contributed by atoms with Gasteiger partial charge in [-0.2, -0.15) is 54.1 Å². The van der Waals surface area contributed by atoms with Crippen LogP contribution in [0.5, 0.6) is 5.75 Å². The second kappa shape index (κ2) is 22.2. The van der Waals surface area contributed by atoms with Gasteiger partial charge >= 0.3 is 27.8 Å². The Hall–Kier alpha value is -3.43. The molecule has 0 aliphatic heterocycles. The molecule has 2 N–H and O–H groups in total. The minimum atomic E-state index is -6.09. The van der Waals surface area contributed by atoms with E-state index in [1.54, 1.807) is 69.1 Å². The number of hydrogen-bond donors (Lipinski definition) is 2. The van der Waals surface area contributed by atoms with E-state index in [2.05, 4.69) is 21.4 Å². The predicted octanol–water partition coefficient (Wildman–Crippen LogP) is 3.35. The Bertz CT molecular complexity index is 1340. The largest absolute Gasteiger partial charge is 0.425 e. The van der Waals surface area contributed by atoms with E-state index in [-0.39, 0.29) is 18.3 Å². The molecule has 233 valence electrons. The number of phenols is 1. The van der Waals surface area contributed by atoms with Gasteiger partial charge in [-0.1, -0.05) is 18.2 Å². The molecule has 5 aromatic rings. The molecule has 5 rings (SSSR count). The van der Waals surface area contributed by atoms with Gasteiger partial charge in [0.2, 0.25) is 0 Å². The fourth-order valence-corrected chi connectivity index (χ4v) is 2.39. The number of nitrogens with zero attached hydrogens (tertiary/aromatic N) is 6. The number of aromatic hydroxyl groups is 1. The van der Waals surface area contributed by atoms with Gasteiger partial charge in [-0.05, 0) is 48.9 Å². The van der Waals surface area contributed by atoms with E-state index in [9.17, 15) is 13.2 Å². The van der Waals surface area contributed by atoms with Crippen molar-refractivity contribution < 1.29 is 58.1 Å². The van der Waals surface area contributed by atoms with Crippen LogP contribution in [0.3, 0.4) is 0 Å². The van der Waals surface area contributed by atoms with Crippen LogP contribution in [0.1, 0.15) is 0 Å². The molecule has 19 heteroatoms. The average Bonchev–Trinajstić information content (AvgIpc) is 3.77. The molecule has 3 heterocycles. The normalized spacial score (nSPS) is 10.1. The van der Waals surface area contributed by atoms with E-state index >= 15 is 0 Å². The minimum Gasteiger partial charge on any atom is -0.425 e. The second-order valence-electron chi connectivity index (χ2n) is 7.39. The number of phenolic OH excluding ortho intramolecular Hbond substituents is 1. The van der Waals surface area contributed by atoms with E-state index in [0.29, 0.717) is 24.7 Å². The van der Waals surface area contributed by atoms with Crippen molar-refractivity contribution in [2.24, 2.45) is 0 Å². The Morgan fingerprint density at radius 1 is 0.837 bits per heavy atom. The zero-order valence-electron chi connectivity index (χ0n) is 22.6. The molecule has 0 saturated carbocycles. The molecule has 43 heavy (non-hydrogen) atoms. The summed E-state index contributed by atoms with van der Waals surface area (Å²) in [5.41, 5.74) is -5.65. The number of hydrogen-bond acceptors (Lipinski definition) is 8. The number of para-hydroxylation sites is 1. The number of rotatable bonds is 3. The Balaban J connectivity index is 0.000000556. The quantitative estimate of drug-likeness (QED) is 0.0919. The van der Waals surface area contributed by atoms with Gasteiger partial charge in [-0.25, -0.2) is 23.7 Å². The first kappa shape index (κ1) is 39.6. The molecule has 12 nitrogen and oxygen atoms in total. The number of benzene rings is 2. The molecule has 0 spiro atoms. The molecule has 0 aliphatic rings.